The van der Waals surface area contributed by atoms with Crippen LogP contribution in [0.25, 0.3) is 0 Å². The number of cyclic esters (lactones) is 2. The lowest BCUT2D eigenvalue weighted by Crippen LogP contribution is -2.61. The second-order valence-corrected chi connectivity index (χ2v) is 34.2. The van der Waals surface area contributed by atoms with Crippen LogP contribution in [0.2, 0.25) is 0 Å². The number of carbonyl (C=O) groups excluding carboxylic acids is 10. The van der Waals surface area contributed by atoms with E-state index in [1.54, 1.807) is 61.1 Å². The molecule has 3 saturated heterocycles. The van der Waals surface area contributed by atoms with E-state index in [0.717, 1.165) is 31.4 Å². The highest BCUT2D eigenvalue weighted by Crippen LogP contribution is 2.64. The van der Waals surface area contributed by atoms with Crippen LogP contribution in [0.4, 0.5) is 0 Å². The first-order valence-electron chi connectivity index (χ1n) is 41.0. The summed E-state index contributed by atoms with van der Waals surface area (Å²) in [6, 6.07) is -1.21. The van der Waals surface area contributed by atoms with E-state index >= 15 is 0 Å². The second kappa shape index (κ2) is 40.5. The molecule has 25 nitrogen and oxygen atoms in total. The van der Waals surface area contributed by atoms with Crippen LogP contribution in [0, 0.1) is 52.3 Å². The molecular weight excluding hydrogens is 1440 g/mol. The molecule has 0 unspecified atom stereocenters. The van der Waals surface area contributed by atoms with Gasteiger partial charge in [-0.15, -0.1) is 0 Å². The van der Waals surface area contributed by atoms with E-state index in [1.807, 2.05) is 82.0 Å². The molecule has 0 aromatic rings. The van der Waals surface area contributed by atoms with Crippen molar-refractivity contribution in [3.63, 3.8) is 0 Å². The highest BCUT2D eigenvalue weighted by Gasteiger charge is 2.65. The molecule has 624 valence electrons. The van der Waals surface area contributed by atoms with Gasteiger partial charge in [-0.25, -0.2) is 9.59 Å². The minimum Gasteiger partial charge on any atom is -0.504 e. The Morgan fingerprint density at radius 2 is 1.45 bits per heavy atom. The molecule has 18 atom stereocenters. The van der Waals surface area contributed by atoms with Crippen molar-refractivity contribution < 1.29 is 106 Å². The molecule has 0 spiro atoms. The fraction of sp³-hybridized carbons (Fsp3) is 0.724. The Kier molecular flexibility index (Phi) is 32.8. The Bertz CT molecular complexity index is 3620. The van der Waals surface area contributed by atoms with Gasteiger partial charge in [0.05, 0.1) is 35.9 Å². The zero-order valence-corrected chi connectivity index (χ0v) is 69.4. The summed E-state index contributed by atoms with van der Waals surface area (Å²) in [6.45, 7) is 18.8. The van der Waals surface area contributed by atoms with Crippen LogP contribution in [-0.2, 0) is 90.6 Å². The summed E-state index contributed by atoms with van der Waals surface area (Å²) < 4.78 is 55.0. The summed E-state index contributed by atoms with van der Waals surface area (Å²) in [5.74, 6) is -13.0. The van der Waals surface area contributed by atoms with Crippen LogP contribution >= 0.6 is 0 Å². The number of aliphatic hydroxyl groups excluding tert-OH is 2. The number of nitrogens with zero attached hydrogens (tertiary/aromatic N) is 3. The van der Waals surface area contributed by atoms with Gasteiger partial charge < -0.3 is 72.7 Å². The topological polar surface area (TPSA) is 324 Å². The molecule has 4 aliphatic heterocycles. The number of hydrogen-bond donors (Lipinski definition) is 3. The largest absolute Gasteiger partial charge is 0.504 e. The summed E-state index contributed by atoms with van der Waals surface area (Å²) in [5.41, 5.74) is -0.354. The minimum absolute atomic E-state index is 0.00953. The lowest BCUT2D eigenvalue weighted by Gasteiger charge is -2.54. The Morgan fingerprint density at radius 1 is 0.759 bits per heavy atom. The van der Waals surface area contributed by atoms with E-state index in [9.17, 15) is 63.3 Å². The number of fused-ring (bicyclic) bond motifs is 7. The number of amides is 1. The molecule has 5 fully saturated rings. The van der Waals surface area contributed by atoms with E-state index in [-0.39, 0.29) is 97.7 Å². The average molecular weight is 1570 g/mol. The SMILES string of the molecule is COC[C@H]1OC(=O)/C(=C/N(C)CCCN(C)C)C2=C(O)C(=O)C3=C([C@H](OC(C)=O)C[C@]4(C)[C@@H](OC(=O)CCCCCCC(=O)O[C@@H]5/C(C)=C/[C@@H](C)C(=O)C[C@@H]([C@@H](C)CC6CCC(O)CC6)OC(=O)[C@@H]6CCCCN6C(=O)C(=O)[C@]6(O)O[C@@H](CC[C@H]6C)C[C@H](OC)/C(C)=C/C=C/C=C/[C@@H](C)C[C@@H](C)C(=O)[C@@H]5OC)CC[C@@H]34)[C@]21C. The third kappa shape index (κ3) is 21.7. The van der Waals surface area contributed by atoms with Crippen LogP contribution in [-0.4, -0.2) is 224 Å². The van der Waals surface area contributed by atoms with Gasteiger partial charge in [0, 0.05) is 115 Å². The standard InChI is InChI=1S/C87H129N3O22/c1-51-27-20-19-21-28-52(2)66(105-15)46-61-37-32-57(7)87(103,112-61)81(99)82(100)90-42-25-24-29-64(90)84(102)108-67(54(4)45-59-33-35-60(92)36-34-59)47-65(93)53(3)44-56(6)79(80(106-16)76(96)55(5)43-51)111-72(95)31-23-18-17-22-30-71(94)109-69-39-38-63-73-75(68(107-58(8)91)48-85(63,69)9)86(10)70(50-104-14)110-83(101)62(74(86)78(98)77(73)97)49-89(13)41-26-40-88(11)12/h19-21,27-28,44,49,51,53-55,57,59-61,63-64,66-70,79-80,92,98,103H,17-18,22-26,29-43,45-48,50H2,1-16H3/b21-19+,27-20+,52-28+,56-44+,62-49+/t51-,53-,54+,55-,57-,59?,60?,61+,63+,64+,66+,67+,68-,69+,70-,79-,80+,85+,86+,87-/m1/s1. The molecule has 3 N–H and O–H groups in total. The van der Waals surface area contributed by atoms with Gasteiger partial charge in [-0.1, -0.05) is 90.8 Å². The first-order valence-corrected chi connectivity index (χ1v) is 41.0. The third-order valence-corrected chi connectivity index (χ3v) is 25.2. The zero-order valence-electron chi connectivity index (χ0n) is 69.4. The molecule has 2 bridgehead atoms. The Hall–Kier alpha value is -7.00. The first-order chi connectivity index (χ1) is 53.0. The summed E-state index contributed by atoms with van der Waals surface area (Å²) >= 11 is 0. The van der Waals surface area contributed by atoms with Gasteiger partial charge in [-0.2, -0.15) is 0 Å². The summed E-state index contributed by atoms with van der Waals surface area (Å²) in [4.78, 5) is 149. The number of aliphatic hydroxyl groups is 3. The fourth-order valence-corrected chi connectivity index (χ4v) is 18.7. The number of rotatable bonds is 22. The average Bonchev–Trinajstić information content (AvgIpc) is 1.21. The number of methoxy groups -OCH3 is 3. The second-order valence-electron chi connectivity index (χ2n) is 34.2. The molecule has 25 heteroatoms. The third-order valence-electron chi connectivity index (χ3n) is 25.2. The maximum atomic E-state index is 14.9. The maximum Gasteiger partial charge on any atom is 0.340 e. The van der Waals surface area contributed by atoms with Crippen molar-refractivity contribution in [1.29, 1.82) is 0 Å². The van der Waals surface area contributed by atoms with E-state index in [2.05, 4.69) is 0 Å². The molecule has 2 saturated carbocycles. The smallest absolute Gasteiger partial charge is 0.340 e. The normalized spacial score (nSPS) is 35.9. The molecule has 8 aliphatic rings. The van der Waals surface area contributed by atoms with E-state index in [4.69, 9.17) is 42.6 Å². The van der Waals surface area contributed by atoms with Crippen molar-refractivity contribution in [2.24, 2.45) is 52.3 Å². The number of ketones is 4. The molecule has 4 heterocycles. The summed E-state index contributed by atoms with van der Waals surface area (Å²) in [7, 11) is 10.1. The molecule has 0 radical (unpaired) electrons. The molecule has 8 rings (SSSR count). The first kappa shape index (κ1) is 90.5. The van der Waals surface area contributed by atoms with Crippen LogP contribution in [0.5, 0.6) is 0 Å². The van der Waals surface area contributed by atoms with Crippen LogP contribution in [0.1, 0.15) is 217 Å². The summed E-state index contributed by atoms with van der Waals surface area (Å²) in [6.07, 6.45) is 14.0. The molecule has 1 amide bonds. The number of carbonyl (C=O) groups is 10. The summed E-state index contributed by atoms with van der Waals surface area (Å²) in [5, 5.41) is 34.7. The Morgan fingerprint density at radius 3 is 2.10 bits per heavy atom. The fourth-order valence-electron chi connectivity index (χ4n) is 18.7. The highest BCUT2D eigenvalue weighted by molar-refractivity contribution is 6.39. The monoisotopic (exact) mass is 1570 g/mol. The lowest BCUT2D eigenvalue weighted by atomic mass is 9.53. The molecular formula is C87H129N3O22. The number of Topliss-reactive ketones (excluding diaryl/α,β-unsaturated/α-hetero) is 4. The van der Waals surface area contributed by atoms with Gasteiger partial charge in [-0.3, -0.25) is 38.4 Å². The Balaban J connectivity index is 0.974. The van der Waals surface area contributed by atoms with Crippen molar-refractivity contribution >= 4 is 58.9 Å². The molecule has 4 aliphatic carbocycles. The number of ether oxygens (including phenoxy) is 9. The van der Waals surface area contributed by atoms with E-state index in [0.29, 0.717) is 108 Å². The van der Waals surface area contributed by atoms with E-state index < -0.39 is 154 Å². The minimum atomic E-state index is -2.49. The van der Waals surface area contributed by atoms with Crippen molar-refractivity contribution in [1.82, 2.24) is 14.7 Å². The Labute approximate surface area is 663 Å². The molecule has 0 aromatic heterocycles. The van der Waals surface area contributed by atoms with Crippen molar-refractivity contribution in [2.45, 2.75) is 284 Å². The van der Waals surface area contributed by atoms with Gasteiger partial charge in [0.15, 0.2) is 23.8 Å². The predicted octanol–water partition coefficient (Wildman–Crippen LogP) is 11.1. The van der Waals surface area contributed by atoms with Gasteiger partial charge in [-0.05, 0) is 191 Å². The maximum absolute atomic E-state index is 14.9. The number of piperidine rings is 1. The van der Waals surface area contributed by atoms with Gasteiger partial charge in [0.1, 0.15) is 36.2 Å². The number of unbranched alkanes of at least 4 members (excludes halogenated alkanes) is 3. The quantitative estimate of drug-likeness (QED) is 0.0226. The highest BCUT2D eigenvalue weighted by atomic mass is 16.6. The zero-order chi connectivity index (χ0) is 82.3. The molecule has 0 aromatic carbocycles. The number of hydrogen-bond acceptors (Lipinski definition) is 24. The van der Waals surface area contributed by atoms with Crippen molar-refractivity contribution in [2.75, 3.05) is 68.7 Å². The van der Waals surface area contributed by atoms with Crippen LogP contribution < -0.4 is 0 Å². The van der Waals surface area contributed by atoms with Crippen LogP contribution in [0.3, 0.4) is 0 Å². The van der Waals surface area contributed by atoms with E-state index in [1.165, 1.54) is 26.0 Å². The van der Waals surface area contributed by atoms with Crippen molar-refractivity contribution in [3.8, 4) is 0 Å². The van der Waals surface area contributed by atoms with Crippen molar-refractivity contribution in [3.05, 3.63) is 81.9 Å². The van der Waals surface area contributed by atoms with Crippen LogP contribution in [0.15, 0.2) is 81.9 Å². The number of allylic oxidation sites excluding steroid dienone is 7. The van der Waals surface area contributed by atoms with Gasteiger partial charge in [0.2, 0.25) is 11.6 Å². The predicted molar refractivity (Wildman–Crippen MR) is 417 cm³/mol. The lowest BCUT2D eigenvalue weighted by molar-refractivity contribution is -0.265. The number of esters is 5. The van der Waals surface area contributed by atoms with Gasteiger partial charge in [0.25, 0.3) is 11.7 Å². The van der Waals surface area contributed by atoms with Gasteiger partial charge >= 0.3 is 29.8 Å². The molecule has 112 heavy (non-hydrogen) atoms.